The van der Waals surface area contributed by atoms with Crippen molar-refractivity contribution >= 4 is 17.7 Å². The van der Waals surface area contributed by atoms with E-state index >= 15 is 0 Å². The van der Waals surface area contributed by atoms with Gasteiger partial charge in [-0.1, -0.05) is 18.2 Å². The Morgan fingerprint density at radius 3 is 2.71 bits per heavy atom. The normalized spacial score (nSPS) is 27.7. The van der Waals surface area contributed by atoms with Crippen LogP contribution >= 0.6 is 0 Å². The van der Waals surface area contributed by atoms with Crippen molar-refractivity contribution in [3.63, 3.8) is 0 Å². The van der Waals surface area contributed by atoms with Crippen molar-refractivity contribution in [2.75, 3.05) is 13.1 Å². The molecule has 3 heterocycles. The zero-order valence-electron chi connectivity index (χ0n) is 11.7. The average Bonchev–Trinajstić information content (AvgIpc) is 2.90. The first-order valence-corrected chi connectivity index (χ1v) is 7.10. The van der Waals surface area contributed by atoms with Gasteiger partial charge >= 0.3 is 0 Å². The van der Waals surface area contributed by atoms with Gasteiger partial charge in [0.05, 0.1) is 6.42 Å². The third kappa shape index (κ3) is 1.33. The Morgan fingerprint density at radius 2 is 1.95 bits per heavy atom. The van der Waals surface area contributed by atoms with Crippen molar-refractivity contribution in [1.29, 1.82) is 0 Å². The number of hydrogen-bond donors (Lipinski definition) is 0. The maximum atomic E-state index is 12.6. The van der Waals surface area contributed by atoms with Gasteiger partial charge in [0, 0.05) is 31.1 Å². The van der Waals surface area contributed by atoms with Gasteiger partial charge < -0.3 is 4.90 Å². The number of carbonyl (C=O) groups excluding carboxylic acids is 3. The lowest BCUT2D eigenvalue weighted by Crippen LogP contribution is -2.61. The highest BCUT2D eigenvalue weighted by Gasteiger charge is 2.63. The molecule has 2 fully saturated rings. The second-order valence-corrected chi connectivity index (χ2v) is 5.70. The summed E-state index contributed by atoms with van der Waals surface area (Å²) in [6, 6.07) is 7.39. The Balaban J connectivity index is 1.96. The number of imide groups is 1. The molecule has 0 aromatic heterocycles. The van der Waals surface area contributed by atoms with Crippen LogP contribution in [-0.2, 0) is 15.3 Å². The molecule has 3 aliphatic rings. The summed E-state index contributed by atoms with van der Waals surface area (Å²) in [6.07, 6.45) is 0.897. The molecule has 0 unspecified atom stereocenters. The van der Waals surface area contributed by atoms with Gasteiger partial charge in [-0.2, -0.15) is 5.01 Å². The van der Waals surface area contributed by atoms with Gasteiger partial charge in [-0.25, -0.2) is 5.01 Å². The molecule has 1 aromatic rings. The van der Waals surface area contributed by atoms with Gasteiger partial charge in [-0.05, 0) is 12.5 Å². The molecule has 0 radical (unpaired) electrons. The van der Waals surface area contributed by atoms with E-state index in [0.29, 0.717) is 18.7 Å². The monoisotopic (exact) mass is 285 g/mol. The molecule has 3 aliphatic heterocycles. The zero-order chi connectivity index (χ0) is 14.8. The lowest BCUT2D eigenvalue weighted by atomic mass is 9.94. The summed E-state index contributed by atoms with van der Waals surface area (Å²) in [4.78, 5) is 38.6. The van der Waals surface area contributed by atoms with Crippen LogP contribution < -0.4 is 0 Å². The highest BCUT2D eigenvalue weighted by molar-refractivity contribution is 6.03. The maximum Gasteiger partial charge on any atom is 0.256 e. The molecule has 0 bridgehead atoms. The summed E-state index contributed by atoms with van der Waals surface area (Å²) < 4.78 is 0. The SMILES string of the molecule is CC(=O)N1C(=O)C[C@]23c4ccccc4C(=O)N2CCCN13. The van der Waals surface area contributed by atoms with Crippen molar-refractivity contribution in [2.45, 2.75) is 25.4 Å². The number of amides is 3. The fourth-order valence-electron chi connectivity index (χ4n) is 3.92. The number of benzene rings is 1. The molecular formula is C15H15N3O3. The van der Waals surface area contributed by atoms with Gasteiger partial charge in [0.15, 0.2) is 0 Å². The maximum absolute atomic E-state index is 12.6. The number of fused-ring (bicyclic) bond motifs is 1. The van der Waals surface area contributed by atoms with E-state index in [1.54, 1.807) is 16.0 Å². The molecule has 1 atom stereocenters. The van der Waals surface area contributed by atoms with E-state index in [0.717, 1.165) is 12.0 Å². The molecule has 21 heavy (non-hydrogen) atoms. The molecule has 3 amide bonds. The minimum absolute atomic E-state index is 0.0477. The van der Waals surface area contributed by atoms with Gasteiger partial charge in [-0.3, -0.25) is 14.4 Å². The number of hydrogen-bond acceptors (Lipinski definition) is 4. The molecule has 1 aromatic carbocycles. The predicted molar refractivity (Wildman–Crippen MR) is 72.6 cm³/mol. The first-order chi connectivity index (χ1) is 10.1. The van der Waals surface area contributed by atoms with Crippen LogP contribution in [0.15, 0.2) is 24.3 Å². The largest absolute Gasteiger partial charge is 0.314 e. The number of carbonyl (C=O) groups is 3. The zero-order valence-corrected chi connectivity index (χ0v) is 11.7. The molecule has 0 N–H and O–H groups in total. The van der Waals surface area contributed by atoms with E-state index < -0.39 is 5.66 Å². The Kier molecular flexibility index (Phi) is 2.34. The van der Waals surface area contributed by atoms with Crippen LogP contribution in [0, 0.1) is 0 Å². The summed E-state index contributed by atoms with van der Waals surface area (Å²) in [5.41, 5.74) is 0.684. The van der Waals surface area contributed by atoms with Crippen LogP contribution in [0.3, 0.4) is 0 Å². The molecule has 0 saturated carbocycles. The highest BCUT2D eigenvalue weighted by atomic mass is 16.2. The van der Waals surface area contributed by atoms with Crippen LogP contribution in [0.2, 0.25) is 0 Å². The van der Waals surface area contributed by atoms with Crippen LogP contribution in [0.5, 0.6) is 0 Å². The molecule has 6 heteroatoms. The van der Waals surface area contributed by atoms with Gasteiger partial charge in [0.25, 0.3) is 5.91 Å². The number of nitrogens with zero attached hydrogens (tertiary/aromatic N) is 3. The molecule has 2 saturated heterocycles. The molecule has 108 valence electrons. The van der Waals surface area contributed by atoms with E-state index in [1.807, 2.05) is 18.2 Å². The van der Waals surface area contributed by atoms with E-state index in [4.69, 9.17) is 0 Å². The highest BCUT2D eigenvalue weighted by Crippen LogP contribution is 2.50. The van der Waals surface area contributed by atoms with Crippen LogP contribution in [0.1, 0.15) is 35.7 Å². The Hall–Kier alpha value is -2.21. The molecule has 0 aliphatic carbocycles. The minimum Gasteiger partial charge on any atom is -0.314 e. The lowest BCUT2D eigenvalue weighted by Gasteiger charge is -2.47. The van der Waals surface area contributed by atoms with E-state index in [9.17, 15) is 14.4 Å². The lowest BCUT2D eigenvalue weighted by molar-refractivity contribution is -0.172. The summed E-state index contributed by atoms with van der Waals surface area (Å²) in [5.74, 6) is -0.581. The first-order valence-electron chi connectivity index (χ1n) is 7.10. The summed E-state index contributed by atoms with van der Waals surface area (Å²) in [5, 5.41) is 2.99. The second-order valence-electron chi connectivity index (χ2n) is 5.70. The van der Waals surface area contributed by atoms with Crippen LogP contribution in [0.4, 0.5) is 0 Å². The van der Waals surface area contributed by atoms with Crippen molar-refractivity contribution in [3.8, 4) is 0 Å². The summed E-state index contributed by atoms with van der Waals surface area (Å²) in [6.45, 7) is 2.60. The van der Waals surface area contributed by atoms with E-state index in [2.05, 4.69) is 0 Å². The van der Waals surface area contributed by atoms with Crippen LogP contribution in [-0.4, -0.2) is 45.7 Å². The minimum atomic E-state index is -0.797. The van der Waals surface area contributed by atoms with Crippen molar-refractivity contribution in [3.05, 3.63) is 35.4 Å². The topological polar surface area (TPSA) is 60.9 Å². The van der Waals surface area contributed by atoms with E-state index in [-0.39, 0.29) is 24.1 Å². The summed E-state index contributed by atoms with van der Waals surface area (Å²) in [7, 11) is 0. The third-order valence-corrected chi connectivity index (χ3v) is 4.63. The fraction of sp³-hybridized carbons (Fsp3) is 0.400. The van der Waals surface area contributed by atoms with Gasteiger partial charge in [0.1, 0.15) is 5.66 Å². The van der Waals surface area contributed by atoms with Crippen molar-refractivity contribution < 1.29 is 14.4 Å². The third-order valence-electron chi connectivity index (χ3n) is 4.63. The van der Waals surface area contributed by atoms with Crippen molar-refractivity contribution in [2.24, 2.45) is 0 Å². The predicted octanol–water partition coefficient (Wildman–Crippen LogP) is 0.695. The fourth-order valence-corrected chi connectivity index (χ4v) is 3.92. The Bertz CT molecular complexity index is 686. The average molecular weight is 285 g/mol. The molecule has 4 rings (SSSR count). The van der Waals surface area contributed by atoms with Gasteiger partial charge in [-0.15, -0.1) is 0 Å². The smallest absolute Gasteiger partial charge is 0.256 e. The van der Waals surface area contributed by atoms with Gasteiger partial charge in [0.2, 0.25) is 11.8 Å². The quantitative estimate of drug-likeness (QED) is 0.704. The Labute approximate surface area is 121 Å². The second kappa shape index (κ2) is 3.92. The van der Waals surface area contributed by atoms with E-state index in [1.165, 1.54) is 11.9 Å². The standard InChI is InChI=1S/C15H15N3O3/c1-10(19)18-13(20)9-15-12-6-3-2-5-11(12)14(21)16(15)7-4-8-17(15)18/h2-3,5-6H,4,7-9H2,1H3/t15-/m0/s1. The first kappa shape index (κ1) is 12.5. The molecular weight excluding hydrogens is 270 g/mol. The van der Waals surface area contributed by atoms with Crippen LogP contribution in [0.25, 0.3) is 0 Å². The Morgan fingerprint density at radius 1 is 1.19 bits per heavy atom. The number of rotatable bonds is 0. The number of hydrazine groups is 1. The molecule has 1 spiro atoms. The van der Waals surface area contributed by atoms with Crippen molar-refractivity contribution in [1.82, 2.24) is 14.9 Å². The summed E-state index contributed by atoms with van der Waals surface area (Å²) >= 11 is 0. The molecule has 6 nitrogen and oxygen atoms in total.